The first kappa shape index (κ1) is 26.9. The summed E-state index contributed by atoms with van der Waals surface area (Å²) in [4.78, 5) is 12.8. The van der Waals surface area contributed by atoms with Gasteiger partial charge in [0.05, 0.1) is 11.7 Å². The van der Waals surface area contributed by atoms with Crippen LogP contribution in [0.2, 0.25) is 0 Å². The monoisotopic (exact) mass is 520 g/mol. The van der Waals surface area contributed by atoms with E-state index >= 15 is 0 Å². The Kier molecular flexibility index (Phi) is 6.81. The van der Waals surface area contributed by atoms with Gasteiger partial charge in [-0.15, -0.1) is 0 Å². The maximum Gasteiger partial charge on any atom is 0.338 e. The lowest BCUT2D eigenvalue weighted by Gasteiger charge is -2.61. The van der Waals surface area contributed by atoms with Gasteiger partial charge in [0.15, 0.2) is 0 Å². The summed E-state index contributed by atoms with van der Waals surface area (Å²) in [5, 5.41) is 0. The van der Waals surface area contributed by atoms with Crippen molar-refractivity contribution in [2.45, 2.75) is 124 Å². The third-order valence-corrected chi connectivity index (χ3v) is 12.9. The Morgan fingerprint density at radius 2 is 1.76 bits per heavy atom. The molecule has 1 heterocycles. The van der Waals surface area contributed by atoms with Crippen LogP contribution in [0.25, 0.3) is 0 Å². The molecule has 38 heavy (non-hydrogen) atoms. The van der Waals surface area contributed by atoms with Crippen LogP contribution >= 0.6 is 0 Å². The van der Waals surface area contributed by atoms with Crippen LogP contribution in [0.1, 0.15) is 116 Å². The highest BCUT2D eigenvalue weighted by Crippen LogP contribution is 2.75. The lowest BCUT2D eigenvalue weighted by Crippen LogP contribution is -2.61. The fourth-order valence-corrected chi connectivity index (χ4v) is 11.0. The molecule has 4 aliphatic carbocycles. The Labute approximate surface area is 231 Å². The summed E-state index contributed by atoms with van der Waals surface area (Å²) in [6, 6.07) is 9.48. The summed E-state index contributed by atoms with van der Waals surface area (Å²) in [6.07, 6.45) is 13.1. The first-order valence-electron chi connectivity index (χ1n) is 16.0. The van der Waals surface area contributed by atoms with Gasteiger partial charge in [0.1, 0.15) is 11.7 Å². The van der Waals surface area contributed by atoms with Crippen molar-refractivity contribution in [3.8, 4) is 0 Å². The van der Waals surface area contributed by atoms with Gasteiger partial charge in [-0.25, -0.2) is 4.79 Å². The van der Waals surface area contributed by atoms with Crippen LogP contribution in [0.3, 0.4) is 0 Å². The molecule has 1 aromatic rings. The van der Waals surface area contributed by atoms with E-state index in [4.69, 9.17) is 9.47 Å². The Hall–Kier alpha value is -1.35. The van der Waals surface area contributed by atoms with Gasteiger partial charge in [-0.2, -0.15) is 0 Å². The SMILES string of the molecule is CC(C)CCC[C@@H](C)[C@@H]1CC[C@@H]2[C@H]3[C@H](C)[C@@H]4O[C@@]45C[C@@H](OC(=O)c4ccccc4)CC[C@]5(C)[C@@H]3CC[C@@]21C. The fraction of sp³-hybridized carbons (Fsp3) is 0.800. The Morgan fingerprint density at radius 3 is 2.50 bits per heavy atom. The standard InChI is InChI=1S/C35H52O3/c1-22(2)11-10-12-23(3)27-15-16-28-30-24(4)31-35(38-31)21-26(37-32(36)25-13-8-7-9-14-25)17-20-34(35,6)29(30)18-19-33(27,28)5/h7-9,13-14,22-24,26-31H,10-12,15-21H2,1-6H3/t23-,24+,26+,27+,28-,29-,30-,31+,33-,34-,35+/m1/s1. The molecule has 5 aliphatic rings. The minimum Gasteiger partial charge on any atom is -0.459 e. The highest BCUT2D eigenvalue weighted by atomic mass is 16.6. The summed E-state index contributed by atoms with van der Waals surface area (Å²) in [5.74, 6) is 5.37. The Morgan fingerprint density at radius 1 is 1.00 bits per heavy atom. The summed E-state index contributed by atoms with van der Waals surface area (Å²) < 4.78 is 12.9. The second kappa shape index (κ2) is 9.64. The number of hydrogen-bond acceptors (Lipinski definition) is 3. The van der Waals surface area contributed by atoms with Crippen LogP contribution in [0.5, 0.6) is 0 Å². The van der Waals surface area contributed by atoms with E-state index in [0.717, 1.165) is 54.8 Å². The van der Waals surface area contributed by atoms with Crippen LogP contribution < -0.4 is 0 Å². The van der Waals surface area contributed by atoms with Crippen LogP contribution in [0.15, 0.2) is 30.3 Å². The van der Waals surface area contributed by atoms with Crippen molar-refractivity contribution in [2.24, 2.45) is 52.3 Å². The van der Waals surface area contributed by atoms with E-state index < -0.39 is 0 Å². The largest absolute Gasteiger partial charge is 0.459 e. The number of carbonyl (C=O) groups is 1. The second-order valence-electron chi connectivity index (χ2n) is 15.2. The third kappa shape index (κ3) is 4.03. The van der Waals surface area contributed by atoms with E-state index in [1.54, 1.807) is 0 Å². The number of benzene rings is 1. The van der Waals surface area contributed by atoms with Gasteiger partial charge in [-0.05, 0) is 97.5 Å². The quantitative estimate of drug-likeness (QED) is 0.266. The Bertz CT molecular complexity index is 1020. The number of rotatable bonds is 7. The normalized spacial score (nSPS) is 45.9. The minimum atomic E-state index is -0.178. The average molecular weight is 521 g/mol. The van der Waals surface area contributed by atoms with Crippen molar-refractivity contribution in [1.29, 1.82) is 0 Å². The van der Waals surface area contributed by atoms with Crippen LogP contribution in [-0.4, -0.2) is 23.8 Å². The van der Waals surface area contributed by atoms with E-state index in [-0.39, 0.29) is 23.1 Å². The van der Waals surface area contributed by atoms with Gasteiger partial charge in [0, 0.05) is 11.8 Å². The molecule has 0 amide bonds. The predicted molar refractivity (Wildman–Crippen MR) is 153 cm³/mol. The molecule has 0 N–H and O–H groups in total. The number of esters is 1. The molecule has 5 fully saturated rings. The summed E-state index contributed by atoms with van der Waals surface area (Å²) in [5.41, 5.74) is 1.29. The first-order chi connectivity index (χ1) is 18.1. The highest BCUT2D eigenvalue weighted by Gasteiger charge is 2.78. The molecule has 0 aromatic heterocycles. The molecule has 1 aliphatic heterocycles. The molecule has 3 nitrogen and oxygen atoms in total. The Balaban J connectivity index is 1.17. The van der Waals surface area contributed by atoms with Gasteiger partial charge in [0.25, 0.3) is 0 Å². The van der Waals surface area contributed by atoms with Crippen LogP contribution in [0, 0.1) is 52.3 Å². The topological polar surface area (TPSA) is 38.8 Å². The van der Waals surface area contributed by atoms with E-state index in [9.17, 15) is 4.79 Å². The average Bonchev–Trinajstić information content (AvgIpc) is 3.51. The van der Waals surface area contributed by atoms with Gasteiger partial charge >= 0.3 is 5.97 Å². The molecular weight excluding hydrogens is 468 g/mol. The summed E-state index contributed by atoms with van der Waals surface area (Å²) >= 11 is 0. The van der Waals surface area contributed by atoms with Crippen molar-refractivity contribution in [2.75, 3.05) is 0 Å². The lowest BCUT2D eigenvalue weighted by molar-refractivity contribution is -0.132. The molecule has 4 saturated carbocycles. The minimum absolute atomic E-state index is 0.0269. The molecule has 11 atom stereocenters. The smallest absolute Gasteiger partial charge is 0.338 e. The van der Waals surface area contributed by atoms with Gasteiger partial charge in [-0.1, -0.05) is 79.0 Å². The molecule has 1 spiro atoms. The number of fused-ring (bicyclic) bond motifs is 4. The zero-order chi connectivity index (χ0) is 26.9. The molecule has 1 saturated heterocycles. The van der Waals surface area contributed by atoms with Crippen LogP contribution in [-0.2, 0) is 9.47 Å². The molecular formula is C35H52O3. The van der Waals surface area contributed by atoms with E-state index in [1.165, 1.54) is 44.9 Å². The predicted octanol–water partition coefficient (Wildman–Crippen LogP) is 8.71. The summed E-state index contributed by atoms with van der Waals surface area (Å²) in [6.45, 7) is 15.1. The molecule has 210 valence electrons. The molecule has 0 radical (unpaired) electrons. The van der Waals surface area contributed by atoms with Crippen LogP contribution in [0.4, 0.5) is 0 Å². The van der Waals surface area contributed by atoms with Crippen molar-refractivity contribution in [3.05, 3.63) is 35.9 Å². The van der Waals surface area contributed by atoms with E-state index in [0.29, 0.717) is 23.0 Å². The number of epoxide rings is 1. The summed E-state index contributed by atoms with van der Waals surface area (Å²) in [7, 11) is 0. The van der Waals surface area contributed by atoms with Crippen molar-refractivity contribution in [1.82, 2.24) is 0 Å². The maximum atomic E-state index is 12.8. The molecule has 3 heteroatoms. The number of hydrogen-bond donors (Lipinski definition) is 0. The second-order valence-corrected chi connectivity index (χ2v) is 15.2. The molecule has 0 bridgehead atoms. The van der Waals surface area contributed by atoms with Gasteiger partial charge in [-0.3, -0.25) is 0 Å². The zero-order valence-corrected chi connectivity index (χ0v) is 24.9. The molecule has 1 aromatic carbocycles. The third-order valence-electron chi connectivity index (χ3n) is 12.9. The lowest BCUT2D eigenvalue weighted by atomic mass is 9.42. The van der Waals surface area contributed by atoms with Gasteiger partial charge < -0.3 is 9.47 Å². The highest BCUT2D eigenvalue weighted by molar-refractivity contribution is 5.89. The fourth-order valence-electron chi connectivity index (χ4n) is 11.0. The van der Waals surface area contributed by atoms with E-state index in [1.807, 2.05) is 30.3 Å². The van der Waals surface area contributed by atoms with Gasteiger partial charge in [0.2, 0.25) is 0 Å². The zero-order valence-electron chi connectivity index (χ0n) is 24.9. The molecule has 6 rings (SSSR count). The first-order valence-corrected chi connectivity index (χ1v) is 16.0. The maximum absolute atomic E-state index is 12.8. The van der Waals surface area contributed by atoms with E-state index in [2.05, 4.69) is 41.5 Å². The molecule has 0 unspecified atom stereocenters. The van der Waals surface area contributed by atoms with Crippen molar-refractivity contribution >= 4 is 5.97 Å². The van der Waals surface area contributed by atoms with Crippen molar-refractivity contribution in [3.63, 3.8) is 0 Å². The number of ether oxygens (including phenoxy) is 2. The number of carbonyl (C=O) groups excluding carboxylic acids is 1. The van der Waals surface area contributed by atoms with Crippen molar-refractivity contribution < 1.29 is 14.3 Å².